The largest absolute Gasteiger partial charge is 0.368 e. The second-order valence-electron chi connectivity index (χ2n) is 4.68. The van der Waals surface area contributed by atoms with Crippen LogP contribution >= 0.6 is 23.8 Å². The van der Waals surface area contributed by atoms with Crippen LogP contribution in [-0.2, 0) is 6.54 Å². The van der Waals surface area contributed by atoms with Crippen LogP contribution < -0.4 is 11.1 Å². The van der Waals surface area contributed by atoms with Gasteiger partial charge in [-0.1, -0.05) is 28.9 Å². The van der Waals surface area contributed by atoms with Crippen LogP contribution in [0.3, 0.4) is 0 Å². The van der Waals surface area contributed by atoms with Crippen LogP contribution in [0.2, 0.25) is 5.02 Å². The number of nitrogens with two attached hydrogens (primary N) is 1. The van der Waals surface area contributed by atoms with Gasteiger partial charge in [-0.2, -0.15) is 4.98 Å². The van der Waals surface area contributed by atoms with Crippen molar-refractivity contribution in [1.82, 2.24) is 25.0 Å². The van der Waals surface area contributed by atoms with Gasteiger partial charge in [0.25, 0.3) is 0 Å². The lowest BCUT2D eigenvalue weighted by Crippen LogP contribution is -2.14. The predicted octanol–water partition coefficient (Wildman–Crippen LogP) is 1.96. The number of nitrogens with one attached hydrogen (secondary N) is 2. The van der Waals surface area contributed by atoms with Crippen molar-refractivity contribution in [3.8, 4) is 0 Å². The number of H-pyrrole nitrogens is 1. The van der Waals surface area contributed by atoms with Gasteiger partial charge in [0.2, 0.25) is 4.77 Å². The van der Waals surface area contributed by atoms with Crippen molar-refractivity contribution < 1.29 is 0 Å². The Morgan fingerprint density at radius 3 is 2.82 bits per heavy atom. The molecule has 0 saturated heterocycles. The Bertz CT molecular complexity index is 840. The third-order valence-electron chi connectivity index (χ3n) is 3.08. The van der Waals surface area contributed by atoms with Crippen LogP contribution in [0.1, 0.15) is 5.56 Å². The molecule has 3 aromatic rings. The zero-order chi connectivity index (χ0) is 15.5. The second-order valence-corrected chi connectivity index (χ2v) is 5.50. The lowest BCUT2D eigenvalue weighted by atomic mass is 10.2. The third-order valence-corrected chi connectivity index (χ3v) is 3.52. The molecule has 1 aromatic carbocycles. The van der Waals surface area contributed by atoms with E-state index in [1.54, 1.807) is 4.68 Å². The van der Waals surface area contributed by atoms with Gasteiger partial charge < -0.3 is 16.0 Å². The summed E-state index contributed by atoms with van der Waals surface area (Å²) in [6.07, 6.45) is 0. The number of aromatic nitrogens is 5. The Labute approximate surface area is 136 Å². The van der Waals surface area contributed by atoms with Gasteiger partial charge in [0.1, 0.15) is 5.82 Å². The van der Waals surface area contributed by atoms with Gasteiger partial charge in [0, 0.05) is 18.1 Å². The van der Waals surface area contributed by atoms with E-state index in [1.165, 1.54) is 0 Å². The van der Waals surface area contributed by atoms with E-state index in [1.807, 2.05) is 24.3 Å². The molecule has 3 rings (SSSR count). The maximum atomic E-state index is 5.90. The first-order valence-corrected chi connectivity index (χ1v) is 7.48. The van der Waals surface area contributed by atoms with Gasteiger partial charge >= 0.3 is 0 Å². The summed E-state index contributed by atoms with van der Waals surface area (Å²) in [5, 5.41) is 12.2. The lowest BCUT2D eigenvalue weighted by molar-refractivity contribution is 0.663. The zero-order valence-corrected chi connectivity index (χ0v) is 13.2. The van der Waals surface area contributed by atoms with E-state index in [9.17, 15) is 0 Å². The molecule has 7 nitrogen and oxygen atoms in total. The number of hydrogen-bond acceptors (Lipinski definition) is 6. The lowest BCUT2D eigenvalue weighted by Gasteiger charge is -2.05. The predicted molar refractivity (Wildman–Crippen MR) is 88.6 cm³/mol. The Kier molecular flexibility index (Phi) is 4.32. The molecule has 0 aliphatic rings. The summed E-state index contributed by atoms with van der Waals surface area (Å²) < 4.78 is 2.07. The van der Waals surface area contributed by atoms with E-state index in [2.05, 4.69) is 25.6 Å². The molecular formula is C13H14ClN7S. The standard InChI is InChI=1S/C13H14ClN7S/c14-9-3-1-8(2-4-9)7-21-12-10(19-20-21)11(16-6-5-15)17-13(22)18-12/h1-4H,5-7,15H2,(H2,16,17,18,22). The van der Waals surface area contributed by atoms with Crippen molar-refractivity contribution in [2.45, 2.75) is 6.54 Å². The minimum atomic E-state index is 0.367. The number of nitrogens with zero attached hydrogens (tertiary/aromatic N) is 4. The van der Waals surface area contributed by atoms with Crippen LogP contribution in [0.25, 0.3) is 11.2 Å². The molecule has 0 bridgehead atoms. The molecule has 0 saturated carbocycles. The number of halogens is 1. The SMILES string of the molecule is NCCNc1[nH]c(=S)nc2c1nnn2Cc1ccc(Cl)cc1. The fraction of sp³-hybridized carbons (Fsp3) is 0.231. The van der Waals surface area contributed by atoms with Crippen LogP contribution in [0.15, 0.2) is 24.3 Å². The number of fused-ring (bicyclic) bond motifs is 1. The highest BCUT2D eigenvalue weighted by Gasteiger charge is 2.11. The summed E-state index contributed by atoms with van der Waals surface area (Å²) in [7, 11) is 0. The van der Waals surface area contributed by atoms with Crippen molar-refractivity contribution in [1.29, 1.82) is 0 Å². The van der Waals surface area contributed by atoms with Crippen molar-refractivity contribution in [2.24, 2.45) is 5.73 Å². The first-order chi connectivity index (χ1) is 10.7. The highest BCUT2D eigenvalue weighted by Crippen LogP contribution is 2.18. The van der Waals surface area contributed by atoms with Crippen molar-refractivity contribution >= 4 is 40.8 Å². The molecule has 4 N–H and O–H groups in total. The van der Waals surface area contributed by atoms with E-state index in [0.717, 1.165) is 5.56 Å². The fourth-order valence-electron chi connectivity index (χ4n) is 2.07. The molecule has 0 unspecified atom stereocenters. The summed E-state index contributed by atoms with van der Waals surface area (Å²) in [6, 6.07) is 7.55. The zero-order valence-electron chi connectivity index (χ0n) is 11.6. The summed E-state index contributed by atoms with van der Waals surface area (Å²) >= 11 is 11.1. The first-order valence-electron chi connectivity index (χ1n) is 6.69. The van der Waals surface area contributed by atoms with Gasteiger partial charge in [-0.05, 0) is 29.9 Å². The van der Waals surface area contributed by atoms with E-state index in [4.69, 9.17) is 29.6 Å². The fourth-order valence-corrected chi connectivity index (χ4v) is 2.38. The number of anilines is 1. The van der Waals surface area contributed by atoms with Crippen molar-refractivity contribution in [2.75, 3.05) is 18.4 Å². The quantitative estimate of drug-likeness (QED) is 0.617. The Balaban J connectivity index is 1.98. The molecule has 2 aromatic heterocycles. The number of benzene rings is 1. The summed E-state index contributed by atoms with van der Waals surface area (Å²) in [4.78, 5) is 7.29. The first kappa shape index (κ1) is 14.9. The van der Waals surface area contributed by atoms with E-state index in [0.29, 0.717) is 46.4 Å². The molecule has 0 amide bonds. The maximum absolute atomic E-state index is 5.90. The Morgan fingerprint density at radius 2 is 2.09 bits per heavy atom. The Morgan fingerprint density at radius 1 is 1.32 bits per heavy atom. The molecular weight excluding hydrogens is 322 g/mol. The average molecular weight is 336 g/mol. The number of hydrogen-bond donors (Lipinski definition) is 3. The summed E-state index contributed by atoms with van der Waals surface area (Å²) in [5.41, 5.74) is 7.82. The summed E-state index contributed by atoms with van der Waals surface area (Å²) in [5.74, 6) is 0.683. The van der Waals surface area contributed by atoms with Crippen LogP contribution in [-0.4, -0.2) is 38.1 Å². The molecule has 0 aliphatic heterocycles. The molecule has 0 spiro atoms. The molecule has 114 valence electrons. The number of aromatic amines is 1. The maximum Gasteiger partial charge on any atom is 0.200 e. The van der Waals surface area contributed by atoms with Gasteiger partial charge in [-0.25, -0.2) is 4.68 Å². The van der Waals surface area contributed by atoms with Crippen molar-refractivity contribution in [3.05, 3.63) is 39.6 Å². The molecule has 0 aliphatic carbocycles. The van der Waals surface area contributed by atoms with E-state index in [-0.39, 0.29) is 0 Å². The monoisotopic (exact) mass is 335 g/mol. The minimum absolute atomic E-state index is 0.367. The molecule has 9 heteroatoms. The van der Waals surface area contributed by atoms with Gasteiger partial charge in [-0.3, -0.25) is 0 Å². The van der Waals surface area contributed by atoms with Gasteiger partial charge in [0.05, 0.1) is 6.54 Å². The highest BCUT2D eigenvalue weighted by molar-refractivity contribution is 7.71. The summed E-state index contributed by atoms with van der Waals surface area (Å²) in [6.45, 7) is 1.65. The smallest absolute Gasteiger partial charge is 0.200 e. The van der Waals surface area contributed by atoms with Crippen LogP contribution in [0, 0.1) is 4.77 Å². The van der Waals surface area contributed by atoms with E-state index >= 15 is 0 Å². The average Bonchev–Trinajstić information content (AvgIpc) is 2.90. The van der Waals surface area contributed by atoms with Gasteiger partial charge in [-0.15, -0.1) is 5.10 Å². The molecule has 22 heavy (non-hydrogen) atoms. The van der Waals surface area contributed by atoms with E-state index < -0.39 is 0 Å². The molecule has 0 atom stereocenters. The topological polar surface area (TPSA) is 97.4 Å². The van der Waals surface area contributed by atoms with Crippen LogP contribution in [0.5, 0.6) is 0 Å². The van der Waals surface area contributed by atoms with Crippen LogP contribution in [0.4, 0.5) is 5.82 Å². The third kappa shape index (κ3) is 3.08. The second kappa shape index (κ2) is 6.39. The highest BCUT2D eigenvalue weighted by atomic mass is 35.5. The minimum Gasteiger partial charge on any atom is -0.368 e. The number of rotatable bonds is 5. The molecule has 2 heterocycles. The molecule has 0 radical (unpaired) electrons. The van der Waals surface area contributed by atoms with Gasteiger partial charge in [0.15, 0.2) is 11.2 Å². The normalized spacial score (nSPS) is 11.0. The molecule has 0 fully saturated rings. The Hall–Kier alpha value is -2.03. The van der Waals surface area contributed by atoms with Crippen molar-refractivity contribution in [3.63, 3.8) is 0 Å².